The minimum atomic E-state index is -0.0993. The Labute approximate surface area is 131 Å². The molecule has 0 unspecified atom stereocenters. The van der Waals surface area contributed by atoms with Gasteiger partial charge in [-0.25, -0.2) is 4.98 Å². The topological polar surface area (TPSA) is 60.9 Å². The molecule has 23 heavy (non-hydrogen) atoms. The molecule has 0 saturated carbocycles. The van der Waals surface area contributed by atoms with Crippen LogP contribution in [0.4, 0.5) is 0 Å². The Morgan fingerprint density at radius 3 is 2.87 bits per heavy atom. The maximum atomic E-state index is 12.5. The number of benzene rings is 2. The first kappa shape index (κ1) is 12.6. The monoisotopic (exact) mass is 303 g/mol. The molecule has 4 aromatic rings. The summed E-state index contributed by atoms with van der Waals surface area (Å²) >= 11 is 0. The van der Waals surface area contributed by atoms with Crippen LogP contribution >= 0.6 is 0 Å². The number of rotatable bonds is 1. The lowest BCUT2D eigenvalue weighted by molar-refractivity contribution is 0.603. The SMILES string of the molecule is O=c1c2nc(-c3cccc4ccccc34)oc2nc2n1CCC2. The molecule has 0 aliphatic carbocycles. The maximum absolute atomic E-state index is 12.5. The fraction of sp³-hybridized carbons (Fsp3) is 0.167. The highest BCUT2D eigenvalue weighted by Crippen LogP contribution is 2.29. The van der Waals surface area contributed by atoms with Crippen LogP contribution in [0.25, 0.3) is 33.5 Å². The van der Waals surface area contributed by atoms with Crippen molar-refractivity contribution in [2.45, 2.75) is 19.4 Å². The van der Waals surface area contributed by atoms with Crippen LogP contribution in [0.3, 0.4) is 0 Å². The predicted octanol–water partition coefficient (Wildman–Crippen LogP) is 3.15. The van der Waals surface area contributed by atoms with Gasteiger partial charge in [-0.05, 0) is 23.3 Å². The number of aryl methyl sites for hydroxylation is 1. The van der Waals surface area contributed by atoms with E-state index in [1.165, 1.54) is 0 Å². The van der Waals surface area contributed by atoms with Gasteiger partial charge in [0, 0.05) is 18.5 Å². The zero-order valence-corrected chi connectivity index (χ0v) is 12.3. The third-order valence-corrected chi connectivity index (χ3v) is 4.40. The molecule has 0 amide bonds. The summed E-state index contributed by atoms with van der Waals surface area (Å²) < 4.78 is 7.54. The molecule has 0 atom stereocenters. The molecule has 0 N–H and O–H groups in total. The molecule has 0 radical (unpaired) electrons. The highest BCUT2D eigenvalue weighted by Gasteiger charge is 2.21. The van der Waals surface area contributed by atoms with Crippen molar-refractivity contribution >= 4 is 22.0 Å². The van der Waals surface area contributed by atoms with Crippen LogP contribution < -0.4 is 5.56 Å². The lowest BCUT2D eigenvalue weighted by Gasteiger charge is -2.01. The van der Waals surface area contributed by atoms with Crippen LogP contribution in [0.1, 0.15) is 12.2 Å². The van der Waals surface area contributed by atoms with Gasteiger partial charge in [0.05, 0.1) is 0 Å². The summed E-state index contributed by atoms with van der Waals surface area (Å²) in [4.78, 5) is 21.5. The smallest absolute Gasteiger partial charge is 0.283 e. The molecule has 0 saturated heterocycles. The third kappa shape index (κ3) is 1.76. The van der Waals surface area contributed by atoms with Crippen molar-refractivity contribution in [2.24, 2.45) is 0 Å². The lowest BCUT2D eigenvalue weighted by atomic mass is 10.0. The Kier molecular flexibility index (Phi) is 2.47. The second-order valence-electron chi connectivity index (χ2n) is 5.79. The fourth-order valence-corrected chi connectivity index (χ4v) is 3.29. The first-order chi connectivity index (χ1) is 11.3. The molecule has 0 bridgehead atoms. The lowest BCUT2D eigenvalue weighted by Crippen LogP contribution is -2.20. The van der Waals surface area contributed by atoms with Crippen LogP contribution in [0.2, 0.25) is 0 Å². The van der Waals surface area contributed by atoms with E-state index >= 15 is 0 Å². The van der Waals surface area contributed by atoms with Gasteiger partial charge in [0.25, 0.3) is 11.3 Å². The summed E-state index contributed by atoms with van der Waals surface area (Å²) in [5.74, 6) is 1.24. The number of oxazole rings is 1. The molecule has 1 aliphatic heterocycles. The van der Waals surface area contributed by atoms with Gasteiger partial charge in [0.2, 0.25) is 5.89 Å². The van der Waals surface area contributed by atoms with Gasteiger partial charge in [-0.3, -0.25) is 9.36 Å². The van der Waals surface area contributed by atoms with Gasteiger partial charge >= 0.3 is 0 Å². The van der Waals surface area contributed by atoms with E-state index in [9.17, 15) is 4.79 Å². The molecular weight excluding hydrogens is 290 g/mol. The Hall–Kier alpha value is -2.95. The highest BCUT2D eigenvalue weighted by molar-refractivity contribution is 5.95. The van der Waals surface area contributed by atoms with Gasteiger partial charge in [-0.15, -0.1) is 0 Å². The Balaban J connectivity index is 1.81. The van der Waals surface area contributed by atoms with Gasteiger partial charge in [0.15, 0.2) is 5.52 Å². The zero-order valence-electron chi connectivity index (χ0n) is 12.3. The minimum Gasteiger partial charge on any atom is -0.417 e. The molecular formula is C18H13N3O2. The molecule has 5 heteroatoms. The molecule has 3 heterocycles. The van der Waals surface area contributed by atoms with Gasteiger partial charge in [-0.2, -0.15) is 4.98 Å². The van der Waals surface area contributed by atoms with Crippen molar-refractivity contribution in [3.8, 4) is 11.5 Å². The van der Waals surface area contributed by atoms with E-state index in [1.54, 1.807) is 4.57 Å². The van der Waals surface area contributed by atoms with Crippen LogP contribution in [0.15, 0.2) is 51.7 Å². The second-order valence-corrected chi connectivity index (χ2v) is 5.79. The van der Waals surface area contributed by atoms with Gasteiger partial charge in [0.1, 0.15) is 5.82 Å². The van der Waals surface area contributed by atoms with E-state index in [2.05, 4.69) is 9.97 Å². The summed E-state index contributed by atoms with van der Waals surface area (Å²) in [6.07, 6.45) is 1.76. The number of aromatic nitrogens is 3. The Bertz CT molecular complexity index is 1120. The quantitative estimate of drug-likeness (QED) is 0.542. The molecule has 5 rings (SSSR count). The molecule has 2 aromatic carbocycles. The second kappa shape index (κ2) is 4.52. The minimum absolute atomic E-state index is 0.0993. The first-order valence-electron chi connectivity index (χ1n) is 7.70. The maximum Gasteiger partial charge on any atom is 0.283 e. The van der Waals surface area contributed by atoms with E-state index in [4.69, 9.17) is 4.42 Å². The molecule has 5 nitrogen and oxygen atoms in total. The van der Waals surface area contributed by atoms with Crippen LogP contribution in [-0.4, -0.2) is 14.5 Å². The van der Waals surface area contributed by atoms with E-state index in [0.29, 0.717) is 23.7 Å². The molecule has 1 aliphatic rings. The average molecular weight is 303 g/mol. The van der Waals surface area contributed by atoms with Crippen LogP contribution in [-0.2, 0) is 13.0 Å². The standard InChI is InChI=1S/C18H13N3O2/c22-18-15-17(19-14-9-4-10-21(14)18)23-16(20-15)13-8-3-6-11-5-1-2-7-12(11)13/h1-3,5-8H,4,9-10H2. The van der Waals surface area contributed by atoms with Crippen molar-refractivity contribution < 1.29 is 4.42 Å². The highest BCUT2D eigenvalue weighted by atomic mass is 16.4. The Morgan fingerprint density at radius 1 is 1.04 bits per heavy atom. The van der Waals surface area contributed by atoms with Crippen molar-refractivity contribution in [1.82, 2.24) is 14.5 Å². The number of hydrogen-bond donors (Lipinski definition) is 0. The van der Waals surface area contributed by atoms with Crippen molar-refractivity contribution in [3.05, 3.63) is 58.6 Å². The van der Waals surface area contributed by atoms with Crippen LogP contribution in [0.5, 0.6) is 0 Å². The van der Waals surface area contributed by atoms with E-state index in [-0.39, 0.29) is 5.56 Å². The molecule has 0 spiro atoms. The van der Waals surface area contributed by atoms with Crippen molar-refractivity contribution in [1.29, 1.82) is 0 Å². The largest absolute Gasteiger partial charge is 0.417 e. The Morgan fingerprint density at radius 2 is 1.91 bits per heavy atom. The van der Waals surface area contributed by atoms with Gasteiger partial charge in [-0.1, -0.05) is 36.4 Å². The van der Waals surface area contributed by atoms with E-state index in [1.807, 2.05) is 42.5 Å². The average Bonchev–Trinajstić information content (AvgIpc) is 3.21. The number of hydrogen-bond acceptors (Lipinski definition) is 4. The normalized spacial score (nSPS) is 13.7. The fourth-order valence-electron chi connectivity index (χ4n) is 3.29. The molecule has 112 valence electrons. The molecule has 2 aromatic heterocycles. The van der Waals surface area contributed by atoms with Crippen LogP contribution in [0, 0.1) is 0 Å². The summed E-state index contributed by atoms with van der Waals surface area (Å²) in [6.45, 7) is 0.716. The van der Waals surface area contributed by atoms with E-state index < -0.39 is 0 Å². The summed E-state index contributed by atoms with van der Waals surface area (Å²) in [5, 5.41) is 2.16. The van der Waals surface area contributed by atoms with Crippen molar-refractivity contribution in [3.63, 3.8) is 0 Å². The molecule has 0 fully saturated rings. The summed E-state index contributed by atoms with van der Waals surface area (Å²) in [5.41, 5.74) is 1.44. The first-order valence-corrected chi connectivity index (χ1v) is 7.70. The third-order valence-electron chi connectivity index (χ3n) is 4.40. The summed E-state index contributed by atoms with van der Waals surface area (Å²) in [7, 11) is 0. The zero-order chi connectivity index (χ0) is 15.4. The number of nitrogens with zero attached hydrogens (tertiary/aromatic N) is 3. The van der Waals surface area contributed by atoms with Crippen molar-refractivity contribution in [2.75, 3.05) is 0 Å². The summed E-state index contributed by atoms with van der Waals surface area (Å²) in [6, 6.07) is 14.0. The number of fused-ring (bicyclic) bond motifs is 3. The van der Waals surface area contributed by atoms with Gasteiger partial charge < -0.3 is 4.42 Å². The van der Waals surface area contributed by atoms with E-state index in [0.717, 1.165) is 35.0 Å². The predicted molar refractivity (Wildman–Crippen MR) is 87.3 cm³/mol.